The number of oxazole rings is 1. The number of hydrogen-bond acceptors (Lipinski definition) is 3. The summed E-state index contributed by atoms with van der Waals surface area (Å²) in [6.07, 6.45) is 3.48. The first-order chi connectivity index (χ1) is 9.24. The highest BCUT2D eigenvalue weighted by molar-refractivity contribution is 5.85. The number of rotatable bonds is 5. The summed E-state index contributed by atoms with van der Waals surface area (Å²) in [5.74, 6) is -0.158. The highest BCUT2D eigenvalue weighted by Crippen LogP contribution is 2.41. The van der Waals surface area contributed by atoms with Crippen LogP contribution in [-0.2, 0) is 12.8 Å². The average molecular weight is 257 g/mol. The second kappa shape index (κ2) is 4.88. The molecule has 1 heterocycles. The van der Waals surface area contributed by atoms with Gasteiger partial charge in [-0.15, -0.1) is 0 Å². The molecule has 0 spiro atoms. The minimum Gasteiger partial charge on any atom is -0.475 e. The minimum atomic E-state index is -1.01. The first-order valence-electron chi connectivity index (χ1n) is 6.51. The van der Waals surface area contributed by atoms with Crippen molar-refractivity contribution in [3.63, 3.8) is 0 Å². The van der Waals surface area contributed by atoms with E-state index >= 15 is 0 Å². The number of nitrogens with zero attached hydrogens (tertiary/aromatic N) is 1. The van der Waals surface area contributed by atoms with Gasteiger partial charge in [0.1, 0.15) is 0 Å². The van der Waals surface area contributed by atoms with Crippen LogP contribution in [0.5, 0.6) is 0 Å². The maximum Gasteiger partial charge on any atom is 0.373 e. The second-order valence-corrected chi connectivity index (χ2v) is 4.89. The monoisotopic (exact) mass is 257 g/mol. The van der Waals surface area contributed by atoms with Crippen LogP contribution in [0, 0.1) is 0 Å². The lowest BCUT2D eigenvalue weighted by atomic mass is 10.1. The van der Waals surface area contributed by atoms with Crippen molar-refractivity contribution in [3.8, 4) is 0 Å². The molecular weight excluding hydrogens is 242 g/mol. The summed E-state index contributed by atoms with van der Waals surface area (Å²) in [6.45, 7) is 0. The lowest BCUT2D eigenvalue weighted by molar-refractivity contribution is 0.0658. The highest BCUT2D eigenvalue weighted by Gasteiger charge is 2.33. The molecule has 0 saturated heterocycles. The topological polar surface area (TPSA) is 63.3 Å². The molecule has 1 aromatic heterocycles. The Morgan fingerprint density at radius 2 is 2.00 bits per heavy atom. The molecule has 1 N–H and O–H groups in total. The van der Waals surface area contributed by atoms with Crippen LogP contribution in [0.1, 0.15) is 46.5 Å². The van der Waals surface area contributed by atoms with Gasteiger partial charge in [0.2, 0.25) is 5.76 Å². The molecule has 0 aliphatic heterocycles. The van der Waals surface area contributed by atoms with Gasteiger partial charge in [0.05, 0.1) is 5.69 Å². The van der Waals surface area contributed by atoms with Crippen LogP contribution in [0.4, 0.5) is 0 Å². The molecule has 4 heteroatoms. The Bertz CT molecular complexity index is 585. The average Bonchev–Trinajstić information content (AvgIpc) is 3.17. The first kappa shape index (κ1) is 12.0. The number of carboxylic acids is 1. The SMILES string of the molecule is O=C(O)c1oc(CCc2ccccc2)nc1C1CC1. The van der Waals surface area contributed by atoms with E-state index < -0.39 is 5.97 Å². The molecule has 0 unspecified atom stereocenters. The van der Waals surface area contributed by atoms with Gasteiger partial charge in [-0.05, 0) is 24.8 Å². The summed E-state index contributed by atoms with van der Waals surface area (Å²) in [7, 11) is 0. The zero-order chi connectivity index (χ0) is 13.2. The largest absolute Gasteiger partial charge is 0.475 e. The zero-order valence-electron chi connectivity index (χ0n) is 10.5. The molecule has 0 amide bonds. The van der Waals surface area contributed by atoms with Crippen molar-refractivity contribution < 1.29 is 14.3 Å². The van der Waals surface area contributed by atoms with Crippen LogP contribution >= 0.6 is 0 Å². The van der Waals surface area contributed by atoms with E-state index in [4.69, 9.17) is 9.52 Å². The number of benzene rings is 1. The summed E-state index contributed by atoms with van der Waals surface area (Å²) in [5, 5.41) is 9.11. The third kappa shape index (κ3) is 2.67. The molecule has 1 aromatic carbocycles. The lowest BCUT2D eigenvalue weighted by Crippen LogP contribution is -1.98. The molecule has 0 bridgehead atoms. The number of hydrogen-bond donors (Lipinski definition) is 1. The lowest BCUT2D eigenvalue weighted by Gasteiger charge is -1.97. The molecule has 98 valence electrons. The molecule has 19 heavy (non-hydrogen) atoms. The van der Waals surface area contributed by atoms with Crippen molar-refractivity contribution in [2.24, 2.45) is 0 Å². The second-order valence-electron chi connectivity index (χ2n) is 4.89. The van der Waals surface area contributed by atoms with Gasteiger partial charge in [0, 0.05) is 12.3 Å². The summed E-state index contributed by atoms with van der Waals surface area (Å²) >= 11 is 0. The van der Waals surface area contributed by atoms with Gasteiger partial charge >= 0.3 is 5.97 Å². The Morgan fingerprint density at radius 3 is 2.63 bits per heavy atom. The Hall–Kier alpha value is -2.10. The summed E-state index contributed by atoms with van der Waals surface area (Å²) in [6, 6.07) is 10.0. The number of carboxylic acid groups (broad SMARTS) is 1. The van der Waals surface area contributed by atoms with Gasteiger partial charge in [-0.2, -0.15) is 0 Å². The van der Waals surface area contributed by atoms with E-state index in [-0.39, 0.29) is 5.76 Å². The smallest absolute Gasteiger partial charge is 0.373 e. The predicted molar refractivity (Wildman–Crippen MR) is 69.3 cm³/mol. The Morgan fingerprint density at radius 1 is 1.26 bits per heavy atom. The van der Waals surface area contributed by atoms with E-state index in [1.54, 1.807) is 0 Å². The van der Waals surface area contributed by atoms with Crippen LogP contribution in [0.15, 0.2) is 34.7 Å². The molecule has 3 rings (SSSR count). The van der Waals surface area contributed by atoms with Crippen LogP contribution < -0.4 is 0 Å². The first-order valence-corrected chi connectivity index (χ1v) is 6.51. The Labute approximate surface area is 111 Å². The number of carbonyl (C=O) groups is 1. The quantitative estimate of drug-likeness (QED) is 0.894. The zero-order valence-corrected chi connectivity index (χ0v) is 10.5. The van der Waals surface area contributed by atoms with Crippen molar-refractivity contribution in [2.75, 3.05) is 0 Å². The van der Waals surface area contributed by atoms with Crippen molar-refractivity contribution >= 4 is 5.97 Å². The molecular formula is C15H15NO3. The maximum absolute atomic E-state index is 11.1. The predicted octanol–water partition coefficient (Wildman–Crippen LogP) is 3.04. The Balaban J connectivity index is 1.74. The van der Waals surface area contributed by atoms with E-state index in [1.807, 2.05) is 30.3 Å². The third-order valence-corrected chi connectivity index (χ3v) is 3.33. The minimum absolute atomic E-state index is 0.0329. The van der Waals surface area contributed by atoms with Gasteiger partial charge in [-0.1, -0.05) is 30.3 Å². The van der Waals surface area contributed by atoms with E-state index in [9.17, 15) is 4.79 Å². The van der Waals surface area contributed by atoms with Crippen molar-refractivity contribution in [1.82, 2.24) is 4.98 Å². The van der Waals surface area contributed by atoms with Gasteiger partial charge in [-0.25, -0.2) is 9.78 Å². The molecule has 2 aromatic rings. The fourth-order valence-corrected chi connectivity index (χ4v) is 2.17. The standard InChI is InChI=1S/C15H15NO3/c17-15(18)14-13(11-7-8-11)16-12(19-14)9-6-10-4-2-1-3-5-10/h1-5,11H,6-9H2,(H,17,18). The van der Waals surface area contributed by atoms with E-state index in [0.717, 1.165) is 19.3 Å². The van der Waals surface area contributed by atoms with Crippen molar-refractivity contribution in [3.05, 3.63) is 53.2 Å². The fourth-order valence-electron chi connectivity index (χ4n) is 2.17. The fraction of sp³-hybridized carbons (Fsp3) is 0.333. The van der Waals surface area contributed by atoms with Crippen LogP contribution in [0.2, 0.25) is 0 Å². The number of aromatic nitrogens is 1. The molecule has 1 aliphatic rings. The van der Waals surface area contributed by atoms with E-state index in [0.29, 0.717) is 23.9 Å². The van der Waals surface area contributed by atoms with Crippen molar-refractivity contribution in [1.29, 1.82) is 0 Å². The molecule has 4 nitrogen and oxygen atoms in total. The highest BCUT2D eigenvalue weighted by atomic mass is 16.4. The van der Waals surface area contributed by atoms with Gasteiger partial charge in [0.25, 0.3) is 0 Å². The van der Waals surface area contributed by atoms with E-state index in [1.165, 1.54) is 5.56 Å². The summed E-state index contributed by atoms with van der Waals surface area (Å²) < 4.78 is 5.39. The maximum atomic E-state index is 11.1. The molecule has 1 fully saturated rings. The third-order valence-electron chi connectivity index (χ3n) is 3.33. The van der Waals surface area contributed by atoms with Gasteiger partial charge in [0.15, 0.2) is 5.89 Å². The van der Waals surface area contributed by atoms with Gasteiger partial charge < -0.3 is 9.52 Å². The molecule has 0 radical (unpaired) electrons. The summed E-state index contributed by atoms with van der Waals surface area (Å²) in [4.78, 5) is 15.5. The molecule has 1 saturated carbocycles. The van der Waals surface area contributed by atoms with Crippen LogP contribution in [-0.4, -0.2) is 16.1 Å². The summed E-state index contributed by atoms with van der Waals surface area (Å²) in [5.41, 5.74) is 1.83. The van der Waals surface area contributed by atoms with E-state index in [2.05, 4.69) is 4.98 Å². The van der Waals surface area contributed by atoms with Crippen LogP contribution in [0.25, 0.3) is 0 Å². The normalized spacial score (nSPS) is 14.5. The number of aryl methyl sites for hydroxylation is 2. The molecule has 0 atom stereocenters. The van der Waals surface area contributed by atoms with Crippen molar-refractivity contribution in [2.45, 2.75) is 31.6 Å². The van der Waals surface area contributed by atoms with Gasteiger partial charge in [-0.3, -0.25) is 0 Å². The number of aromatic carboxylic acids is 1. The molecule has 1 aliphatic carbocycles. The Kier molecular flexibility index (Phi) is 3.07. The van der Waals surface area contributed by atoms with Crippen LogP contribution in [0.3, 0.4) is 0 Å².